The van der Waals surface area contributed by atoms with E-state index < -0.39 is 5.82 Å². The van der Waals surface area contributed by atoms with Crippen LogP contribution >= 0.6 is 0 Å². The van der Waals surface area contributed by atoms with Crippen LogP contribution < -0.4 is 0 Å². The van der Waals surface area contributed by atoms with Crippen LogP contribution in [0, 0.1) is 17.1 Å². The summed E-state index contributed by atoms with van der Waals surface area (Å²) in [6.45, 7) is 1.91. The van der Waals surface area contributed by atoms with Crippen molar-refractivity contribution in [1.82, 2.24) is 0 Å². The molecule has 1 N–H and O–H groups in total. The van der Waals surface area contributed by atoms with Crippen molar-refractivity contribution in [3.8, 4) is 6.07 Å². The van der Waals surface area contributed by atoms with Crippen molar-refractivity contribution in [2.75, 3.05) is 6.61 Å². The van der Waals surface area contributed by atoms with Gasteiger partial charge in [0.1, 0.15) is 11.9 Å². The molecule has 2 nitrogen and oxygen atoms in total. The zero-order chi connectivity index (χ0) is 11.3. The van der Waals surface area contributed by atoms with Gasteiger partial charge < -0.3 is 5.11 Å². The number of nitriles is 1. The number of aliphatic hydroxyl groups is 1. The molecule has 0 aliphatic heterocycles. The van der Waals surface area contributed by atoms with E-state index in [0.29, 0.717) is 0 Å². The molecule has 0 radical (unpaired) electrons. The number of rotatable bonds is 3. The molecule has 1 rings (SSSR count). The summed E-state index contributed by atoms with van der Waals surface area (Å²) in [5, 5.41) is 17.6. The monoisotopic (exact) mass is 205 g/mol. The lowest BCUT2D eigenvalue weighted by Crippen LogP contribution is -1.89. The number of benzene rings is 1. The Balaban J connectivity index is 3.07. The second-order valence-electron chi connectivity index (χ2n) is 3.17. The minimum atomic E-state index is -0.517. The Morgan fingerprint density at radius 2 is 2.33 bits per heavy atom. The summed E-state index contributed by atoms with van der Waals surface area (Å²) in [7, 11) is 0. The molecule has 78 valence electrons. The average Bonchev–Trinajstić information content (AvgIpc) is 2.28. The first-order valence-electron chi connectivity index (χ1n) is 4.71. The molecule has 0 amide bonds. The molecule has 1 aromatic rings. The van der Waals surface area contributed by atoms with Crippen molar-refractivity contribution in [1.29, 1.82) is 5.26 Å². The summed E-state index contributed by atoms with van der Waals surface area (Å²) >= 11 is 0. The van der Waals surface area contributed by atoms with E-state index in [0.717, 1.165) is 17.6 Å². The number of halogens is 1. The Kier molecular flexibility index (Phi) is 4.02. The Bertz CT molecular complexity index is 412. The Morgan fingerprint density at radius 1 is 1.60 bits per heavy atom. The van der Waals surface area contributed by atoms with E-state index >= 15 is 0 Å². The van der Waals surface area contributed by atoms with Gasteiger partial charge in [0.2, 0.25) is 0 Å². The van der Waals surface area contributed by atoms with Crippen LogP contribution in [-0.4, -0.2) is 11.7 Å². The van der Waals surface area contributed by atoms with Gasteiger partial charge in [0.25, 0.3) is 0 Å². The topological polar surface area (TPSA) is 44.0 Å². The molecule has 0 aromatic heterocycles. The molecule has 0 aliphatic rings. The smallest absolute Gasteiger partial charge is 0.140 e. The zero-order valence-corrected chi connectivity index (χ0v) is 8.50. The highest BCUT2D eigenvalue weighted by molar-refractivity contribution is 5.55. The fraction of sp³-hybridized carbons (Fsp3) is 0.250. The minimum Gasteiger partial charge on any atom is -0.392 e. The normalized spacial score (nSPS) is 11.2. The van der Waals surface area contributed by atoms with Gasteiger partial charge in [0.15, 0.2) is 0 Å². The Hall–Kier alpha value is -1.66. The molecule has 0 aliphatic carbocycles. The van der Waals surface area contributed by atoms with Crippen molar-refractivity contribution in [3.05, 3.63) is 40.7 Å². The predicted molar refractivity (Wildman–Crippen MR) is 56.5 cm³/mol. The van der Waals surface area contributed by atoms with Gasteiger partial charge in [0.05, 0.1) is 12.2 Å². The molecule has 0 atom stereocenters. The van der Waals surface area contributed by atoms with Crippen LogP contribution in [0.4, 0.5) is 4.39 Å². The predicted octanol–water partition coefficient (Wildman–Crippen LogP) is 2.48. The molecule has 1 aromatic carbocycles. The number of aliphatic hydroxyl groups excluding tert-OH is 1. The third-order valence-electron chi connectivity index (χ3n) is 2.14. The highest BCUT2D eigenvalue weighted by atomic mass is 19.1. The van der Waals surface area contributed by atoms with Crippen LogP contribution in [0.2, 0.25) is 0 Å². The van der Waals surface area contributed by atoms with E-state index in [-0.39, 0.29) is 12.2 Å². The third kappa shape index (κ3) is 2.90. The fourth-order valence-electron chi connectivity index (χ4n) is 1.21. The molecular formula is C12H12FNO. The van der Waals surface area contributed by atoms with E-state index in [2.05, 4.69) is 0 Å². The lowest BCUT2D eigenvalue weighted by molar-refractivity contribution is 0.329. The van der Waals surface area contributed by atoms with Gasteiger partial charge in [-0.05, 0) is 29.7 Å². The van der Waals surface area contributed by atoms with E-state index in [4.69, 9.17) is 10.4 Å². The molecule has 15 heavy (non-hydrogen) atoms. The summed E-state index contributed by atoms with van der Waals surface area (Å²) in [5.41, 5.74) is 1.61. The number of hydrogen-bond acceptors (Lipinski definition) is 2. The lowest BCUT2D eigenvalue weighted by atomic mass is 10.1. The molecule has 0 bridgehead atoms. The molecule has 0 fully saturated rings. The lowest BCUT2D eigenvalue weighted by Gasteiger charge is -2.01. The van der Waals surface area contributed by atoms with Crippen molar-refractivity contribution in [3.63, 3.8) is 0 Å². The van der Waals surface area contributed by atoms with Crippen LogP contribution in [0.1, 0.15) is 24.5 Å². The maximum absolute atomic E-state index is 13.0. The largest absolute Gasteiger partial charge is 0.392 e. The summed E-state index contributed by atoms with van der Waals surface area (Å²) in [6.07, 6.45) is 2.50. The average molecular weight is 205 g/mol. The van der Waals surface area contributed by atoms with E-state index in [1.165, 1.54) is 12.1 Å². The summed E-state index contributed by atoms with van der Waals surface area (Å²) < 4.78 is 13.0. The Morgan fingerprint density at radius 3 is 2.87 bits per heavy atom. The number of nitrogens with zero attached hydrogens (tertiary/aromatic N) is 1. The first-order chi connectivity index (χ1) is 7.21. The van der Waals surface area contributed by atoms with Gasteiger partial charge in [0, 0.05) is 0 Å². The summed E-state index contributed by atoms with van der Waals surface area (Å²) in [5.74, 6) is -0.517. The van der Waals surface area contributed by atoms with Crippen molar-refractivity contribution in [2.24, 2.45) is 0 Å². The van der Waals surface area contributed by atoms with Crippen molar-refractivity contribution < 1.29 is 9.50 Å². The van der Waals surface area contributed by atoms with E-state index in [1.807, 2.05) is 6.92 Å². The molecule has 0 saturated heterocycles. The van der Waals surface area contributed by atoms with Gasteiger partial charge in [-0.25, -0.2) is 4.39 Å². The van der Waals surface area contributed by atoms with Gasteiger partial charge in [-0.2, -0.15) is 5.26 Å². The molecule has 0 spiro atoms. The van der Waals surface area contributed by atoms with Gasteiger partial charge in [-0.15, -0.1) is 0 Å². The maximum atomic E-state index is 13.0. The van der Waals surface area contributed by atoms with Crippen molar-refractivity contribution >= 4 is 6.08 Å². The SMILES string of the molecule is CC/C(=C/c1ccc(F)c(C#N)c1)CO. The van der Waals surface area contributed by atoms with Gasteiger partial charge in [-0.1, -0.05) is 19.1 Å². The Labute approximate surface area is 88.3 Å². The standard InChI is InChI=1S/C12H12FNO/c1-2-9(8-15)5-10-3-4-12(13)11(6-10)7-14/h3-6,15H,2,8H2,1H3/b9-5-. The first-order valence-corrected chi connectivity index (χ1v) is 4.71. The molecule has 0 heterocycles. The summed E-state index contributed by atoms with van der Waals surface area (Å²) in [4.78, 5) is 0. The van der Waals surface area contributed by atoms with Crippen LogP contribution in [0.25, 0.3) is 6.08 Å². The number of hydrogen-bond donors (Lipinski definition) is 1. The third-order valence-corrected chi connectivity index (χ3v) is 2.14. The highest BCUT2D eigenvalue weighted by Gasteiger charge is 2.01. The summed E-state index contributed by atoms with van der Waals surface area (Å²) in [6, 6.07) is 6.09. The zero-order valence-electron chi connectivity index (χ0n) is 8.50. The van der Waals surface area contributed by atoms with Crippen LogP contribution in [0.5, 0.6) is 0 Å². The quantitative estimate of drug-likeness (QED) is 0.823. The van der Waals surface area contributed by atoms with Crippen LogP contribution in [0.15, 0.2) is 23.8 Å². The van der Waals surface area contributed by atoms with Gasteiger partial charge in [-0.3, -0.25) is 0 Å². The van der Waals surface area contributed by atoms with Crippen molar-refractivity contribution in [2.45, 2.75) is 13.3 Å². The fourth-order valence-corrected chi connectivity index (χ4v) is 1.21. The van der Waals surface area contributed by atoms with Gasteiger partial charge >= 0.3 is 0 Å². The minimum absolute atomic E-state index is 0.0181. The molecule has 0 unspecified atom stereocenters. The first kappa shape index (κ1) is 11.4. The van der Waals surface area contributed by atoms with Crippen LogP contribution in [-0.2, 0) is 0 Å². The highest BCUT2D eigenvalue weighted by Crippen LogP contribution is 2.13. The second kappa shape index (κ2) is 5.28. The van der Waals surface area contributed by atoms with Crippen LogP contribution in [0.3, 0.4) is 0 Å². The second-order valence-corrected chi connectivity index (χ2v) is 3.17. The molecular weight excluding hydrogens is 193 g/mol. The van der Waals surface area contributed by atoms with E-state index in [1.54, 1.807) is 18.2 Å². The van der Waals surface area contributed by atoms with E-state index in [9.17, 15) is 4.39 Å². The maximum Gasteiger partial charge on any atom is 0.140 e. The molecule has 3 heteroatoms. The molecule has 0 saturated carbocycles.